The SMILES string of the molecule is CCc1cc(OC)c(OC)c(C2(O)CC2)c1Br. The highest BCUT2D eigenvalue weighted by atomic mass is 79.9. The standard InChI is InChI=1S/C13H17BrO3/c1-4-8-7-9(16-2)12(17-3)10(11(8)14)13(15)5-6-13/h7,15H,4-6H2,1-3H3. The Bertz CT molecular complexity index is 439. The Morgan fingerprint density at radius 3 is 2.41 bits per heavy atom. The van der Waals surface area contributed by atoms with Crippen LogP contribution in [0.5, 0.6) is 11.5 Å². The highest BCUT2D eigenvalue weighted by Crippen LogP contribution is 2.54. The second-order valence-electron chi connectivity index (χ2n) is 4.35. The molecule has 1 aliphatic rings. The maximum absolute atomic E-state index is 10.4. The Kier molecular flexibility index (Phi) is 3.36. The van der Waals surface area contributed by atoms with Gasteiger partial charge in [0, 0.05) is 10.0 Å². The molecule has 1 saturated carbocycles. The molecule has 2 rings (SSSR count). The minimum Gasteiger partial charge on any atom is -0.493 e. The Hall–Kier alpha value is -0.740. The predicted octanol–water partition coefficient (Wildman–Crippen LogP) is 3.01. The molecule has 17 heavy (non-hydrogen) atoms. The molecular weight excluding hydrogens is 284 g/mol. The molecule has 0 amide bonds. The average molecular weight is 301 g/mol. The first-order valence-electron chi connectivity index (χ1n) is 5.73. The highest BCUT2D eigenvalue weighted by molar-refractivity contribution is 9.10. The van der Waals surface area contributed by atoms with Gasteiger partial charge in [0.25, 0.3) is 0 Å². The first kappa shape index (κ1) is 12.7. The molecule has 4 heteroatoms. The Labute approximate surface area is 110 Å². The van der Waals surface area contributed by atoms with Gasteiger partial charge in [0.2, 0.25) is 0 Å². The summed E-state index contributed by atoms with van der Waals surface area (Å²) in [6.07, 6.45) is 2.43. The van der Waals surface area contributed by atoms with Gasteiger partial charge in [-0.25, -0.2) is 0 Å². The van der Waals surface area contributed by atoms with E-state index in [-0.39, 0.29) is 0 Å². The molecule has 0 heterocycles. The third-order valence-electron chi connectivity index (χ3n) is 3.25. The van der Waals surface area contributed by atoms with Crippen LogP contribution < -0.4 is 9.47 Å². The lowest BCUT2D eigenvalue weighted by Crippen LogP contribution is -2.10. The number of ether oxygens (including phenoxy) is 2. The zero-order valence-electron chi connectivity index (χ0n) is 10.3. The third-order valence-corrected chi connectivity index (χ3v) is 4.16. The van der Waals surface area contributed by atoms with E-state index in [4.69, 9.17) is 9.47 Å². The molecule has 1 aromatic rings. The zero-order valence-corrected chi connectivity index (χ0v) is 11.9. The summed E-state index contributed by atoms with van der Waals surface area (Å²) < 4.78 is 11.7. The van der Waals surface area contributed by atoms with Gasteiger partial charge >= 0.3 is 0 Å². The van der Waals surface area contributed by atoms with Crippen molar-refractivity contribution in [1.29, 1.82) is 0 Å². The quantitative estimate of drug-likeness (QED) is 0.929. The summed E-state index contributed by atoms with van der Waals surface area (Å²) in [6, 6.07) is 1.96. The topological polar surface area (TPSA) is 38.7 Å². The van der Waals surface area contributed by atoms with Gasteiger partial charge in [0.1, 0.15) is 0 Å². The second kappa shape index (κ2) is 4.50. The van der Waals surface area contributed by atoms with E-state index < -0.39 is 5.60 Å². The summed E-state index contributed by atoms with van der Waals surface area (Å²) in [7, 11) is 3.22. The number of aryl methyl sites for hydroxylation is 1. The van der Waals surface area contributed by atoms with Gasteiger partial charge in [-0.3, -0.25) is 0 Å². The molecule has 0 atom stereocenters. The van der Waals surface area contributed by atoms with Crippen molar-refractivity contribution in [2.75, 3.05) is 14.2 Å². The summed E-state index contributed by atoms with van der Waals surface area (Å²) in [5.41, 5.74) is 1.21. The molecule has 1 aromatic carbocycles. The molecule has 0 spiro atoms. The highest BCUT2D eigenvalue weighted by Gasteiger charge is 2.47. The molecule has 0 radical (unpaired) electrons. The minimum atomic E-state index is -0.747. The monoisotopic (exact) mass is 300 g/mol. The minimum absolute atomic E-state index is 0.636. The fourth-order valence-corrected chi connectivity index (χ4v) is 3.01. The van der Waals surface area contributed by atoms with E-state index in [1.807, 2.05) is 6.07 Å². The van der Waals surface area contributed by atoms with E-state index in [0.29, 0.717) is 11.5 Å². The van der Waals surface area contributed by atoms with E-state index in [1.54, 1.807) is 14.2 Å². The predicted molar refractivity (Wildman–Crippen MR) is 69.8 cm³/mol. The maximum Gasteiger partial charge on any atom is 0.167 e. The molecular formula is C13H17BrO3. The molecule has 0 unspecified atom stereocenters. The van der Waals surface area contributed by atoms with Crippen LogP contribution in [0.4, 0.5) is 0 Å². The summed E-state index contributed by atoms with van der Waals surface area (Å²) in [5, 5.41) is 10.4. The molecule has 3 nitrogen and oxygen atoms in total. The number of aliphatic hydroxyl groups is 1. The number of rotatable bonds is 4. The summed E-state index contributed by atoms with van der Waals surface area (Å²) in [5.74, 6) is 1.32. The zero-order chi connectivity index (χ0) is 12.6. The van der Waals surface area contributed by atoms with Gasteiger partial charge < -0.3 is 14.6 Å². The summed E-state index contributed by atoms with van der Waals surface area (Å²) in [4.78, 5) is 0. The van der Waals surface area contributed by atoms with Crippen molar-refractivity contribution >= 4 is 15.9 Å². The van der Waals surface area contributed by atoms with Gasteiger partial charge in [0.15, 0.2) is 11.5 Å². The third kappa shape index (κ3) is 2.04. The number of methoxy groups -OCH3 is 2. The smallest absolute Gasteiger partial charge is 0.167 e. The maximum atomic E-state index is 10.4. The largest absolute Gasteiger partial charge is 0.493 e. The molecule has 94 valence electrons. The molecule has 1 aliphatic carbocycles. The number of hydrogen-bond acceptors (Lipinski definition) is 3. The second-order valence-corrected chi connectivity index (χ2v) is 5.14. The molecule has 0 aromatic heterocycles. The lowest BCUT2D eigenvalue weighted by molar-refractivity contribution is 0.145. The Balaban J connectivity index is 2.67. The molecule has 1 N–H and O–H groups in total. The van der Waals surface area contributed by atoms with E-state index in [0.717, 1.165) is 34.9 Å². The average Bonchev–Trinajstić information content (AvgIpc) is 3.07. The summed E-state index contributed by atoms with van der Waals surface area (Å²) >= 11 is 3.58. The molecule has 1 fully saturated rings. The number of halogens is 1. The molecule has 0 bridgehead atoms. The van der Waals surface area contributed by atoms with Crippen LogP contribution in [-0.2, 0) is 12.0 Å². The van der Waals surface area contributed by atoms with Crippen LogP contribution in [0.15, 0.2) is 10.5 Å². The van der Waals surface area contributed by atoms with Crippen molar-refractivity contribution in [2.45, 2.75) is 31.8 Å². The normalized spacial score (nSPS) is 16.8. The lowest BCUT2D eigenvalue weighted by Gasteiger charge is -2.20. The van der Waals surface area contributed by atoms with Crippen molar-refractivity contribution in [3.05, 3.63) is 21.7 Å². The van der Waals surface area contributed by atoms with Gasteiger partial charge in [-0.05, 0) is 46.8 Å². The van der Waals surface area contributed by atoms with Crippen molar-refractivity contribution in [3.63, 3.8) is 0 Å². The first-order valence-corrected chi connectivity index (χ1v) is 6.53. The van der Waals surface area contributed by atoms with Crippen molar-refractivity contribution in [2.24, 2.45) is 0 Å². The lowest BCUT2D eigenvalue weighted by atomic mass is 10.0. The number of benzene rings is 1. The number of hydrogen-bond donors (Lipinski definition) is 1. The van der Waals surface area contributed by atoms with Gasteiger partial charge in [-0.15, -0.1) is 0 Å². The Morgan fingerprint density at radius 2 is 2.00 bits per heavy atom. The fourth-order valence-electron chi connectivity index (χ4n) is 2.07. The van der Waals surface area contributed by atoms with Gasteiger partial charge in [-0.2, -0.15) is 0 Å². The van der Waals surface area contributed by atoms with Crippen LogP contribution in [0.1, 0.15) is 30.9 Å². The summed E-state index contributed by atoms with van der Waals surface area (Å²) in [6.45, 7) is 2.08. The van der Waals surface area contributed by atoms with Crippen LogP contribution >= 0.6 is 15.9 Å². The molecule has 0 aliphatic heterocycles. The van der Waals surface area contributed by atoms with E-state index in [9.17, 15) is 5.11 Å². The van der Waals surface area contributed by atoms with Gasteiger partial charge in [0.05, 0.1) is 19.8 Å². The van der Waals surface area contributed by atoms with E-state index in [1.165, 1.54) is 0 Å². The van der Waals surface area contributed by atoms with Crippen LogP contribution in [0, 0.1) is 0 Å². The first-order chi connectivity index (χ1) is 8.07. The van der Waals surface area contributed by atoms with E-state index >= 15 is 0 Å². The van der Waals surface area contributed by atoms with Crippen molar-refractivity contribution < 1.29 is 14.6 Å². The molecule has 0 saturated heterocycles. The van der Waals surface area contributed by atoms with Crippen LogP contribution in [0.2, 0.25) is 0 Å². The van der Waals surface area contributed by atoms with E-state index in [2.05, 4.69) is 22.9 Å². The van der Waals surface area contributed by atoms with Crippen LogP contribution in [0.3, 0.4) is 0 Å². The van der Waals surface area contributed by atoms with Crippen molar-refractivity contribution in [1.82, 2.24) is 0 Å². The van der Waals surface area contributed by atoms with Crippen LogP contribution in [-0.4, -0.2) is 19.3 Å². The fraction of sp³-hybridized carbons (Fsp3) is 0.538. The Morgan fingerprint density at radius 1 is 1.35 bits per heavy atom. The van der Waals surface area contributed by atoms with Crippen molar-refractivity contribution in [3.8, 4) is 11.5 Å². The van der Waals surface area contributed by atoms with Crippen LogP contribution in [0.25, 0.3) is 0 Å². The van der Waals surface area contributed by atoms with Gasteiger partial charge in [-0.1, -0.05) is 6.92 Å².